The summed E-state index contributed by atoms with van der Waals surface area (Å²) in [6.07, 6.45) is 1.97. The molecule has 0 bridgehead atoms. The van der Waals surface area contributed by atoms with E-state index in [4.69, 9.17) is 10.2 Å². The molecule has 0 aliphatic heterocycles. The number of hydrogen-bond acceptors (Lipinski definition) is 5. The Balaban J connectivity index is 0.000000366. The van der Waals surface area contributed by atoms with E-state index in [-0.39, 0.29) is 11.0 Å². The first kappa shape index (κ1) is 23.5. The molecule has 31 heavy (non-hydrogen) atoms. The minimum Gasteiger partial charge on any atom is -0.478 e. The lowest BCUT2D eigenvalue weighted by atomic mass is 10.1. The van der Waals surface area contributed by atoms with Gasteiger partial charge in [0.2, 0.25) is 0 Å². The molecular weight excluding hydrogens is 400 g/mol. The highest BCUT2D eigenvalue weighted by Crippen LogP contribution is 2.12. The van der Waals surface area contributed by atoms with Gasteiger partial charge >= 0.3 is 11.9 Å². The van der Waals surface area contributed by atoms with Gasteiger partial charge in [0, 0.05) is 29.5 Å². The highest BCUT2D eigenvalue weighted by atomic mass is 16.4. The number of aromatic nitrogens is 1. The number of carbonyl (C=O) groups is 2. The highest BCUT2D eigenvalue weighted by molar-refractivity contribution is 5.91. The van der Waals surface area contributed by atoms with Crippen molar-refractivity contribution in [3.8, 4) is 0 Å². The van der Waals surface area contributed by atoms with Crippen LogP contribution in [-0.2, 0) is 16.1 Å². The Kier molecular flexibility index (Phi) is 8.22. The molecule has 0 spiro atoms. The van der Waals surface area contributed by atoms with Gasteiger partial charge in [0.05, 0.1) is 10.9 Å². The largest absolute Gasteiger partial charge is 0.478 e. The van der Waals surface area contributed by atoms with Gasteiger partial charge in [0.1, 0.15) is 0 Å². The van der Waals surface area contributed by atoms with Crippen LogP contribution in [-0.4, -0.2) is 52.3 Å². The molecule has 1 heterocycles. The van der Waals surface area contributed by atoms with Gasteiger partial charge in [-0.05, 0) is 45.3 Å². The van der Waals surface area contributed by atoms with Gasteiger partial charge in [-0.2, -0.15) is 0 Å². The second-order valence-corrected chi connectivity index (χ2v) is 7.02. The van der Waals surface area contributed by atoms with Crippen LogP contribution in [0.5, 0.6) is 0 Å². The molecule has 3 aromatic rings. The minimum absolute atomic E-state index is 0.0836. The zero-order valence-corrected chi connectivity index (χ0v) is 17.3. The maximum absolute atomic E-state index is 13.0. The zero-order valence-electron chi connectivity index (χ0n) is 17.3. The predicted octanol–water partition coefficient (Wildman–Crippen LogP) is 2.18. The number of rotatable bonds is 6. The molecule has 1 aromatic heterocycles. The van der Waals surface area contributed by atoms with E-state index in [0.717, 1.165) is 13.0 Å². The average molecular weight is 424 g/mol. The summed E-state index contributed by atoms with van der Waals surface area (Å²) in [5.74, 6) is -2.51. The SMILES string of the molecule is CN(C)CCCn1c(=O)c2ccccc2c(=O)c2ccccc21.O=C(O)/C=C\C(=O)O. The number of para-hydroxylation sites is 1. The molecule has 3 rings (SSSR count). The predicted molar refractivity (Wildman–Crippen MR) is 120 cm³/mol. The summed E-state index contributed by atoms with van der Waals surface area (Å²) in [4.78, 5) is 47.0. The van der Waals surface area contributed by atoms with E-state index >= 15 is 0 Å². The van der Waals surface area contributed by atoms with E-state index in [1.165, 1.54) is 0 Å². The van der Waals surface area contributed by atoms with Crippen LogP contribution < -0.4 is 11.0 Å². The van der Waals surface area contributed by atoms with Crippen molar-refractivity contribution < 1.29 is 19.8 Å². The molecule has 0 unspecified atom stereocenters. The molecule has 0 atom stereocenters. The van der Waals surface area contributed by atoms with E-state index in [9.17, 15) is 19.2 Å². The van der Waals surface area contributed by atoms with Crippen molar-refractivity contribution in [3.63, 3.8) is 0 Å². The highest BCUT2D eigenvalue weighted by Gasteiger charge is 2.10. The molecule has 2 N–H and O–H groups in total. The summed E-state index contributed by atoms with van der Waals surface area (Å²) in [7, 11) is 4.02. The standard InChI is InChI=1S/C19H20N2O2.C4H4O4/c1-20(2)12-7-13-21-17-11-6-5-10-16(17)18(22)14-8-3-4-9-15(14)19(21)23;5-3(6)1-2-4(7)8/h3-6,8-11H,7,12-13H2,1-2H3;1-2H,(H,5,6)(H,7,8)/b;2-1-. The molecule has 2 aromatic carbocycles. The van der Waals surface area contributed by atoms with Crippen molar-refractivity contribution in [1.82, 2.24) is 9.47 Å². The van der Waals surface area contributed by atoms with E-state index < -0.39 is 11.9 Å². The fourth-order valence-corrected chi connectivity index (χ4v) is 3.08. The van der Waals surface area contributed by atoms with Crippen molar-refractivity contribution in [2.45, 2.75) is 13.0 Å². The fourth-order valence-electron chi connectivity index (χ4n) is 3.08. The smallest absolute Gasteiger partial charge is 0.328 e. The first-order valence-electron chi connectivity index (χ1n) is 9.55. The molecule has 0 aliphatic carbocycles. The number of benzene rings is 2. The molecule has 0 aliphatic rings. The Morgan fingerprint density at radius 1 is 0.871 bits per heavy atom. The molecule has 8 heteroatoms. The molecule has 0 saturated carbocycles. The number of fused-ring (bicyclic) bond motifs is 2. The van der Waals surface area contributed by atoms with E-state index in [1.807, 2.05) is 32.3 Å². The lowest BCUT2D eigenvalue weighted by Crippen LogP contribution is -2.21. The Morgan fingerprint density at radius 2 is 1.39 bits per heavy atom. The maximum atomic E-state index is 13.0. The Bertz CT molecular complexity index is 1230. The first-order chi connectivity index (χ1) is 14.7. The molecule has 162 valence electrons. The van der Waals surface area contributed by atoms with E-state index in [1.54, 1.807) is 34.9 Å². The summed E-state index contributed by atoms with van der Waals surface area (Å²) in [5, 5.41) is 17.2. The fraction of sp³-hybridized carbons (Fsp3) is 0.217. The van der Waals surface area contributed by atoms with E-state index in [2.05, 4.69) is 4.90 Å². The van der Waals surface area contributed by atoms with Gasteiger partial charge in [0.15, 0.2) is 5.43 Å². The lowest BCUT2D eigenvalue weighted by molar-refractivity contribution is -0.134. The molecule has 0 fully saturated rings. The van der Waals surface area contributed by atoms with Crippen molar-refractivity contribution in [1.29, 1.82) is 0 Å². The molecule has 8 nitrogen and oxygen atoms in total. The monoisotopic (exact) mass is 424 g/mol. The number of hydrogen-bond donors (Lipinski definition) is 2. The van der Waals surface area contributed by atoms with Crippen molar-refractivity contribution in [2.24, 2.45) is 0 Å². The summed E-state index contributed by atoms with van der Waals surface area (Å²) < 4.78 is 1.74. The number of nitrogens with zero attached hydrogens (tertiary/aromatic N) is 2. The van der Waals surface area contributed by atoms with Crippen molar-refractivity contribution >= 4 is 33.6 Å². The van der Waals surface area contributed by atoms with E-state index in [0.29, 0.717) is 40.4 Å². The molecular formula is C23H24N2O6. The van der Waals surface area contributed by atoms with Gasteiger partial charge < -0.3 is 19.7 Å². The van der Waals surface area contributed by atoms with Gasteiger partial charge in [-0.1, -0.05) is 30.3 Å². The lowest BCUT2D eigenvalue weighted by Gasteiger charge is -2.11. The minimum atomic E-state index is -1.26. The number of carboxylic acids is 2. The van der Waals surface area contributed by atoms with Crippen LogP contribution in [0.3, 0.4) is 0 Å². The van der Waals surface area contributed by atoms with Gasteiger partial charge in [-0.3, -0.25) is 9.59 Å². The van der Waals surface area contributed by atoms with Crippen LogP contribution in [0.1, 0.15) is 6.42 Å². The van der Waals surface area contributed by atoms with Crippen molar-refractivity contribution in [2.75, 3.05) is 20.6 Å². The van der Waals surface area contributed by atoms with Crippen LogP contribution >= 0.6 is 0 Å². The summed E-state index contributed by atoms with van der Waals surface area (Å²) in [5.41, 5.74) is 0.523. The van der Waals surface area contributed by atoms with Crippen LogP contribution in [0.15, 0.2) is 70.3 Å². The topological polar surface area (TPSA) is 117 Å². The quantitative estimate of drug-likeness (QED) is 0.583. The third-order valence-electron chi connectivity index (χ3n) is 4.44. The van der Waals surface area contributed by atoms with Gasteiger partial charge in [0.25, 0.3) is 5.56 Å². The molecule has 0 saturated heterocycles. The molecule has 0 radical (unpaired) electrons. The summed E-state index contributed by atoms with van der Waals surface area (Å²) in [6.45, 7) is 1.48. The molecule has 0 amide bonds. The van der Waals surface area contributed by atoms with Crippen molar-refractivity contribution in [3.05, 3.63) is 81.3 Å². The normalized spacial score (nSPS) is 10.9. The van der Waals surface area contributed by atoms with Gasteiger partial charge in [-0.15, -0.1) is 0 Å². The van der Waals surface area contributed by atoms with Crippen LogP contribution in [0.4, 0.5) is 0 Å². The summed E-state index contributed by atoms with van der Waals surface area (Å²) >= 11 is 0. The Morgan fingerprint density at radius 3 is 1.94 bits per heavy atom. The Labute approximate surface area is 178 Å². The van der Waals surface area contributed by atoms with Crippen LogP contribution in [0, 0.1) is 0 Å². The first-order valence-corrected chi connectivity index (χ1v) is 9.55. The number of carboxylic acid groups (broad SMARTS) is 2. The second kappa shape index (κ2) is 10.8. The third-order valence-corrected chi connectivity index (χ3v) is 4.44. The Hall–Kier alpha value is -3.78. The number of aliphatic carboxylic acids is 2. The van der Waals surface area contributed by atoms with Crippen LogP contribution in [0.2, 0.25) is 0 Å². The average Bonchev–Trinajstić information content (AvgIpc) is 2.82. The van der Waals surface area contributed by atoms with Gasteiger partial charge in [-0.25, -0.2) is 9.59 Å². The maximum Gasteiger partial charge on any atom is 0.328 e. The number of aryl methyl sites for hydroxylation is 1. The third kappa shape index (κ3) is 6.35. The second-order valence-electron chi connectivity index (χ2n) is 7.02. The zero-order chi connectivity index (χ0) is 23.0. The summed E-state index contributed by atoms with van der Waals surface area (Å²) in [6, 6.07) is 14.4. The van der Waals surface area contributed by atoms with Crippen LogP contribution in [0.25, 0.3) is 21.7 Å².